The zero-order valence-electron chi connectivity index (χ0n) is 34.5. The number of likely N-dealkylation sites (tertiary alicyclic amines) is 3. The van der Waals surface area contributed by atoms with Gasteiger partial charge in [-0.25, -0.2) is 9.59 Å². The van der Waals surface area contributed by atoms with Gasteiger partial charge in [0.2, 0.25) is 0 Å². The van der Waals surface area contributed by atoms with Crippen LogP contribution >= 0.6 is 0 Å². The standard InChI is InChI=1S/C44H63N7O7/c1-32-28-34(29-33(2)41(32)53)30-39(58-44(56)50-19-13-37(14-20-50)51-21-10-35-8-4-5-9-38(35)45-43(51)55)42(54)49-17-11-36(12-18-49)48-24-22-47(23-25-48)31-40(52)57-27-26-46-15-6-3-7-16-46/h4-5,8-9,28-29,36-37,39,53H,3,6-7,10-27,30-31H2,1-2H3,(H,45,55)/t39-/m1/s1. The molecule has 4 fully saturated rings. The number of urea groups is 1. The average Bonchev–Trinajstić information content (AvgIpc) is 3.41. The summed E-state index contributed by atoms with van der Waals surface area (Å²) in [5, 5.41) is 13.5. The number of fused-ring (bicyclic) bond motifs is 1. The maximum atomic E-state index is 14.2. The van der Waals surface area contributed by atoms with E-state index in [1.165, 1.54) is 19.3 Å². The number of benzene rings is 2. The first-order chi connectivity index (χ1) is 28.1. The molecule has 0 saturated carbocycles. The van der Waals surface area contributed by atoms with Crippen LogP contribution in [0, 0.1) is 13.8 Å². The van der Waals surface area contributed by atoms with Gasteiger partial charge in [-0.2, -0.15) is 0 Å². The molecule has 0 unspecified atom stereocenters. The SMILES string of the molecule is Cc1cc(C[C@@H](OC(=O)N2CCC(N3CCc4ccccc4NC3=O)CC2)C(=O)N2CCC(N3CCN(CC(=O)OCCN4CCCCC4)CC3)CC2)cc(C)c1O. The van der Waals surface area contributed by atoms with Crippen molar-refractivity contribution in [2.24, 2.45) is 0 Å². The van der Waals surface area contributed by atoms with Crippen LogP contribution in [0.2, 0.25) is 0 Å². The molecule has 0 spiro atoms. The maximum Gasteiger partial charge on any atom is 0.410 e. The third-order valence-corrected chi connectivity index (χ3v) is 13.0. The number of piperazine rings is 1. The van der Waals surface area contributed by atoms with Crippen molar-refractivity contribution < 1.29 is 33.8 Å². The largest absolute Gasteiger partial charge is 0.507 e. The average molecular weight is 802 g/mol. The van der Waals surface area contributed by atoms with E-state index < -0.39 is 12.2 Å². The molecule has 0 bridgehead atoms. The Labute approximate surface area is 343 Å². The van der Waals surface area contributed by atoms with Crippen LogP contribution in [0.3, 0.4) is 0 Å². The lowest BCUT2D eigenvalue weighted by atomic mass is 9.98. The number of para-hydroxylation sites is 1. The van der Waals surface area contributed by atoms with Crippen LogP contribution < -0.4 is 5.32 Å². The number of carbonyl (C=O) groups excluding carboxylic acids is 4. The number of nitrogens with zero attached hydrogens (tertiary/aromatic N) is 6. The highest BCUT2D eigenvalue weighted by atomic mass is 16.6. The van der Waals surface area contributed by atoms with Crippen LogP contribution in [0.25, 0.3) is 0 Å². The normalized spacial score (nSPS) is 21.2. The van der Waals surface area contributed by atoms with E-state index in [4.69, 9.17) is 9.47 Å². The summed E-state index contributed by atoms with van der Waals surface area (Å²) in [6.45, 7) is 13.4. The fourth-order valence-electron chi connectivity index (χ4n) is 9.49. The van der Waals surface area contributed by atoms with Gasteiger partial charge < -0.3 is 34.6 Å². The quantitative estimate of drug-likeness (QED) is 0.318. The molecule has 14 nitrogen and oxygen atoms in total. The predicted molar refractivity (Wildman–Crippen MR) is 221 cm³/mol. The maximum absolute atomic E-state index is 14.2. The van der Waals surface area contributed by atoms with E-state index in [0.29, 0.717) is 75.9 Å². The number of esters is 1. The first-order valence-electron chi connectivity index (χ1n) is 21.6. The molecule has 0 aliphatic carbocycles. The summed E-state index contributed by atoms with van der Waals surface area (Å²) in [4.78, 5) is 66.1. The van der Waals surface area contributed by atoms with Gasteiger partial charge in [-0.1, -0.05) is 36.8 Å². The number of phenolic OH excluding ortho intramolecular Hbond substituents is 1. The summed E-state index contributed by atoms with van der Waals surface area (Å²) in [5.41, 5.74) is 4.21. The Morgan fingerprint density at radius 3 is 2.16 bits per heavy atom. The lowest BCUT2D eigenvalue weighted by Crippen LogP contribution is -2.55. The third-order valence-electron chi connectivity index (χ3n) is 13.0. The molecule has 2 aromatic carbocycles. The Morgan fingerprint density at radius 2 is 1.45 bits per heavy atom. The monoisotopic (exact) mass is 801 g/mol. The molecule has 4 amide bonds. The molecule has 0 radical (unpaired) electrons. The summed E-state index contributed by atoms with van der Waals surface area (Å²) in [6.07, 6.45) is 6.09. The van der Waals surface area contributed by atoms with Crippen molar-refractivity contribution in [3.8, 4) is 5.75 Å². The Kier molecular flexibility index (Phi) is 14.1. The van der Waals surface area contributed by atoms with Crippen LogP contribution in [-0.4, -0.2) is 168 Å². The molecule has 5 aliphatic rings. The van der Waals surface area contributed by atoms with Crippen LogP contribution in [0.15, 0.2) is 36.4 Å². The molecule has 1 atom stereocenters. The van der Waals surface area contributed by atoms with Crippen molar-refractivity contribution in [1.82, 2.24) is 29.4 Å². The minimum absolute atomic E-state index is 0.00119. The molecule has 4 saturated heterocycles. The molecular formula is C44H63N7O7. The predicted octanol–water partition coefficient (Wildman–Crippen LogP) is 4.25. The van der Waals surface area contributed by atoms with Gasteiger partial charge in [-0.3, -0.25) is 24.3 Å². The number of hydrogen-bond acceptors (Lipinski definition) is 10. The number of amides is 4. The zero-order valence-corrected chi connectivity index (χ0v) is 34.5. The van der Waals surface area contributed by atoms with E-state index in [0.717, 1.165) is 81.9 Å². The topological polar surface area (TPSA) is 138 Å². The summed E-state index contributed by atoms with van der Waals surface area (Å²) in [7, 11) is 0. The van der Waals surface area contributed by atoms with Crippen LogP contribution in [0.4, 0.5) is 15.3 Å². The highest BCUT2D eigenvalue weighted by Gasteiger charge is 2.37. The van der Waals surface area contributed by atoms with Gasteiger partial charge in [0.15, 0.2) is 6.10 Å². The second-order valence-electron chi connectivity index (χ2n) is 16.9. The van der Waals surface area contributed by atoms with Gasteiger partial charge >= 0.3 is 18.1 Å². The van der Waals surface area contributed by atoms with E-state index in [1.54, 1.807) is 4.90 Å². The molecule has 2 N–H and O–H groups in total. The lowest BCUT2D eigenvalue weighted by molar-refractivity contribution is -0.146. The number of aryl methyl sites for hydroxylation is 2. The Balaban J connectivity index is 0.892. The smallest absolute Gasteiger partial charge is 0.410 e. The number of aromatic hydroxyl groups is 1. The molecule has 14 heteroatoms. The van der Waals surface area contributed by atoms with E-state index in [2.05, 4.69) is 20.0 Å². The van der Waals surface area contributed by atoms with Crippen molar-refractivity contribution in [2.45, 2.75) is 89.8 Å². The summed E-state index contributed by atoms with van der Waals surface area (Å²) < 4.78 is 11.7. The van der Waals surface area contributed by atoms with E-state index in [-0.39, 0.29) is 36.1 Å². The molecule has 5 aliphatic heterocycles. The number of piperidine rings is 3. The van der Waals surface area contributed by atoms with E-state index >= 15 is 0 Å². The van der Waals surface area contributed by atoms with Crippen LogP contribution in [0.5, 0.6) is 5.75 Å². The minimum Gasteiger partial charge on any atom is -0.507 e. The van der Waals surface area contributed by atoms with E-state index in [9.17, 15) is 24.3 Å². The highest BCUT2D eigenvalue weighted by Crippen LogP contribution is 2.28. The molecule has 5 heterocycles. The molecule has 0 aromatic heterocycles. The van der Waals surface area contributed by atoms with Gasteiger partial charge in [0.05, 0.1) is 6.54 Å². The van der Waals surface area contributed by atoms with Crippen molar-refractivity contribution >= 4 is 29.7 Å². The number of hydrogen-bond donors (Lipinski definition) is 2. The van der Waals surface area contributed by atoms with Crippen molar-refractivity contribution in [3.63, 3.8) is 0 Å². The molecule has 7 rings (SSSR count). The fourth-order valence-corrected chi connectivity index (χ4v) is 9.49. The Hall–Kier alpha value is -4.40. The molecule has 2 aromatic rings. The van der Waals surface area contributed by atoms with Gasteiger partial charge in [-0.15, -0.1) is 0 Å². The summed E-state index contributed by atoms with van der Waals surface area (Å²) in [6, 6.07) is 11.8. The lowest BCUT2D eigenvalue weighted by Gasteiger charge is -2.43. The minimum atomic E-state index is -1.01. The van der Waals surface area contributed by atoms with E-state index in [1.807, 2.05) is 60.0 Å². The third kappa shape index (κ3) is 10.6. The summed E-state index contributed by atoms with van der Waals surface area (Å²) >= 11 is 0. The van der Waals surface area contributed by atoms with Crippen molar-refractivity contribution in [1.29, 1.82) is 0 Å². The van der Waals surface area contributed by atoms with Crippen LogP contribution in [0.1, 0.15) is 67.2 Å². The second-order valence-corrected chi connectivity index (χ2v) is 16.9. The van der Waals surface area contributed by atoms with Crippen LogP contribution in [-0.2, 0) is 31.9 Å². The summed E-state index contributed by atoms with van der Waals surface area (Å²) in [5.74, 6) is -0.128. The number of carbonyl (C=O) groups is 4. The molecule has 316 valence electrons. The van der Waals surface area contributed by atoms with Gasteiger partial charge in [0.25, 0.3) is 5.91 Å². The molecular weight excluding hydrogens is 739 g/mol. The first kappa shape index (κ1) is 41.7. The fraction of sp³-hybridized carbons (Fsp3) is 0.636. The number of rotatable bonds is 11. The van der Waals surface area contributed by atoms with Crippen molar-refractivity contribution in [2.75, 3.05) is 97.0 Å². The number of ether oxygens (including phenoxy) is 2. The van der Waals surface area contributed by atoms with Gasteiger partial charge in [0.1, 0.15) is 12.4 Å². The van der Waals surface area contributed by atoms with Crippen molar-refractivity contribution in [3.05, 3.63) is 58.7 Å². The van der Waals surface area contributed by atoms with Gasteiger partial charge in [-0.05, 0) is 100 Å². The second kappa shape index (κ2) is 19.6. The highest BCUT2D eigenvalue weighted by molar-refractivity contribution is 5.91. The number of anilines is 1. The van der Waals surface area contributed by atoms with Gasteiger partial charge in [0, 0.05) is 89.6 Å². The zero-order chi connectivity index (χ0) is 40.6. The number of phenols is 1. The Bertz CT molecular complexity index is 1720. The number of nitrogens with one attached hydrogen (secondary N) is 1. The first-order valence-corrected chi connectivity index (χ1v) is 21.6. The Morgan fingerprint density at radius 1 is 0.793 bits per heavy atom. The molecule has 58 heavy (non-hydrogen) atoms.